The van der Waals surface area contributed by atoms with Crippen molar-refractivity contribution in [3.05, 3.63) is 34.9 Å². The predicted molar refractivity (Wildman–Crippen MR) is 125 cm³/mol. The second-order valence-electron chi connectivity index (χ2n) is 7.46. The monoisotopic (exact) mass is 445 g/mol. The third kappa shape index (κ3) is 4.63. The molecule has 1 heterocycles. The van der Waals surface area contributed by atoms with Gasteiger partial charge in [0.15, 0.2) is 16.7 Å². The number of imidazole rings is 1. The van der Waals surface area contributed by atoms with Crippen molar-refractivity contribution in [3.8, 4) is 17.2 Å². The van der Waals surface area contributed by atoms with Crippen molar-refractivity contribution in [2.75, 3.05) is 39.3 Å². The van der Waals surface area contributed by atoms with Crippen LogP contribution in [0.15, 0.2) is 23.4 Å². The maximum atomic E-state index is 13.3. The molecule has 0 amide bonds. The molecule has 0 saturated heterocycles. The number of methoxy groups -OCH3 is 1. The van der Waals surface area contributed by atoms with Gasteiger partial charge in [0, 0.05) is 31.9 Å². The molecule has 168 valence electrons. The van der Waals surface area contributed by atoms with E-state index in [1.54, 1.807) is 7.11 Å². The molecule has 0 saturated carbocycles. The molecule has 0 radical (unpaired) electrons. The number of aromatic nitrogens is 2. The summed E-state index contributed by atoms with van der Waals surface area (Å²) in [7, 11) is 4.26. The molecule has 0 bridgehead atoms. The lowest BCUT2D eigenvalue weighted by molar-refractivity contribution is 0.288. The summed E-state index contributed by atoms with van der Waals surface area (Å²) in [6.45, 7) is 8.92. The van der Waals surface area contributed by atoms with Gasteiger partial charge in [0.05, 0.1) is 47.9 Å². The Kier molecular flexibility index (Phi) is 7.10. The van der Waals surface area contributed by atoms with Crippen LogP contribution in [0, 0.1) is 13.8 Å². The maximum Gasteiger partial charge on any atom is 0.197 e. The van der Waals surface area contributed by atoms with Gasteiger partial charge in [-0.25, -0.2) is 4.98 Å². The normalized spacial score (nSPS) is 12.1. The number of aryl methyl sites for hydroxylation is 1. The summed E-state index contributed by atoms with van der Waals surface area (Å²) >= 11 is 0. The van der Waals surface area contributed by atoms with E-state index in [9.17, 15) is 4.21 Å². The van der Waals surface area contributed by atoms with E-state index in [1.165, 1.54) is 0 Å². The fourth-order valence-corrected chi connectivity index (χ4v) is 4.90. The predicted octanol–water partition coefficient (Wildman–Crippen LogP) is 4.36. The van der Waals surface area contributed by atoms with E-state index in [1.807, 2.05) is 58.8 Å². The van der Waals surface area contributed by atoms with Gasteiger partial charge in [-0.05, 0) is 50.5 Å². The van der Waals surface area contributed by atoms with E-state index < -0.39 is 10.8 Å². The Morgan fingerprint density at radius 3 is 2.29 bits per heavy atom. The van der Waals surface area contributed by atoms with Crippen LogP contribution in [0.4, 0.5) is 5.69 Å². The average molecular weight is 446 g/mol. The van der Waals surface area contributed by atoms with Crippen LogP contribution < -0.4 is 19.1 Å². The van der Waals surface area contributed by atoms with E-state index in [-0.39, 0.29) is 0 Å². The Morgan fingerprint density at radius 2 is 1.71 bits per heavy atom. The average Bonchev–Trinajstić information content (AvgIpc) is 3.13. The molecule has 8 heteroatoms. The van der Waals surface area contributed by atoms with Crippen LogP contribution in [0.1, 0.15) is 30.5 Å². The van der Waals surface area contributed by atoms with E-state index >= 15 is 0 Å². The molecule has 7 nitrogen and oxygen atoms in total. The zero-order chi connectivity index (χ0) is 22.7. The number of rotatable bonds is 9. The lowest BCUT2D eigenvalue weighted by Crippen LogP contribution is -2.14. The second kappa shape index (κ2) is 9.60. The topological polar surface area (TPSA) is 76.7 Å². The molecule has 0 fully saturated rings. The summed E-state index contributed by atoms with van der Waals surface area (Å²) in [6, 6.07) is 5.75. The van der Waals surface area contributed by atoms with Crippen LogP contribution in [0.2, 0.25) is 0 Å². The number of aromatic amines is 1. The van der Waals surface area contributed by atoms with Crippen molar-refractivity contribution < 1.29 is 18.4 Å². The molecule has 2 aromatic carbocycles. The van der Waals surface area contributed by atoms with Crippen molar-refractivity contribution in [3.63, 3.8) is 0 Å². The Hall–Kier alpha value is -2.74. The highest BCUT2D eigenvalue weighted by Gasteiger charge is 2.20. The van der Waals surface area contributed by atoms with Crippen LogP contribution in [-0.4, -0.2) is 48.6 Å². The second-order valence-corrected chi connectivity index (χ2v) is 8.82. The van der Waals surface area contributed by atoms with Crippen LogP contribution in [0.25, 0.3) is 11.0 Å². The van der Waals surface area contributed by atoms with Crippen LogP contribution in [0.3, 0.4) is 0 Å². The van der Waals surface area contributed by atoms with E-state index in [4.69, 9.17) is 14.2 Å². The number of anilines is 1. The molecule has 1 aromatic heterocycles. The fourth-order valence-electron chi connectivity index (χ4n) is 3.72. The Morgan fingerprint density at radius 1 is 1.06 bits per heavy atom. The first-order valence-electron chi connectivity index (χ1n) is 10.3. The van der Waals surface area contributed by atoms with Crippen molar-refractivity contribution in [1.82, 2.24) is 9.97 Å². The Bertz CT molecular complexity index is 1070. The largest absolute Gasteiger partial charge is 0.496 e. The van der Waals surface area contributed by atoms with Gasteiger partial charge in [0.2, 0.25) is 0 Å². The van der Waals surface area contributed by atoms with Crippen molar-refractivity contribution >= 4 is 27.5 Å². The van der Waals surface area contributed by atoms with Crippen LogP contribution >= 0.6 is 0 Å². The Balaban J connectivity index is 2.00. The van der Waals surface area contributed by atoms with E-state index in [0.29, 0.717) is 41.1 Å². The van der Waals surface area contributed by atoms with Crippen LogP contribution in [-0.2, 0) is 16.6 Å². The summed E-state index contributed by atoms with van der Waals surface area (Å²) in [4.78, 5) is 9.82. The Labute approximate surface area is 186 Å². The standard InChI is InChI=1S/C23H31N3O4S/c1-8-29-20-11-17-18(12-21(20)30-9-2)25-23(24-17)31(27)13-16-15(4)22(28-7)14(3)10-19(16)26(5)6/h10-12H,8-9,13H2,1-7H3,(H,24,25). The maximum absolute atomic E-state index is 13.3. The number of hydrogen-bond donors (Lipinski definition) is 1. The lowest BCUT2D eigenvalue weighted by Gasteiger charge is -2.22. The number of ether oxygens (including phenoxy) is 3. The molecule has 1 N–H and O–H groups in total. The zero-order valence-electron chi connectivity index (χ0n) is 19.3. The van der Waals surface area contributed by atoms with Gasteiger partial charge in [0.25, 0.3) is 0 Å². The number of fused-ring (bicyclic) bond motifs is 1. The summed E-state index contributed by atoms with van der Waals surface area (Å²) in [5, 5.41) is 0.426. The smallest absolute Gasteiger partial charge is 0.197 e. The highest BCUT2D eigenvalue weighted by atomic mass is 32.2. The summed E-state index contributed by atoms with van der Waals surface area (Å²) in [5.74, 6) is 2.43. The molecule has 3 rings (SSSR count). The minimum atomic E-state index is -1.37. The number of hydrogen-bond acceptors (Lipinski definition) is 6. The zero-order valence-corrected chi connectivity index (χ0v) is 20.1. The number of nitrogens with zero attached hydrogens (tertiary/aromatic N) is 2. The van der Waals surface area contributed by atoms with E-state index in [0.717, 1.165) is 33.6 Å². The summed E-state index contributed by atoms with van der Waals surface area (Å²) < 4.78 is 30.3. The fraction of sp³-hybridized carbons (Fsp3) is 0.435. The highest BCUT2D eigenvalue weighted by molar-refractivity contribution is 7.84. The van der Waals surface area contributed by atoms with Gasteiger partial charge < -0.3 is 24.1 Å². The first-order chi connectivity index (χ1) is 14.8. The SMILES string of the molecule is CCOc1cc2nc(S(=O)Cc3c(N(C)C)cc(C)c(OC)c3C)[nH]c2cc1OCC. The van der Waals surface area contributed by atoms with Gasteiger partial charge >= 0.3 is 0 Å². The summed E-state index contributed by atoms with van der Waals surface area (Å²) in [5.41, 5.74) is 5.51. The molecule has 31 heavy (non-hydrogen) atoms. The molecule has 0 aliphatic carbocycles. The third-order valence-corrected chi connectivity index (χ3v) is 6.29. The van der Waals surface area contributed by atoms with Gasteiger partial charge in [-0.2, -0.15) is 0 Å². The van der Waals surface area contributed by atoms with Gasteiger partial charge in [-0.15, -0.1) is 0 Å². The molecule has 3 aromatic rings. The summed E-state index contributed by atoms with van der Waals surface area (Å²) in [6.07, 6.45) is 0. The van der Waals surface area contributed by atoms with Crippen molar-refractivity contribution in [2.24, 2.45) is 0 Å². The first kappa shape index (κ1) is 22.9. The van der Waals surface area contributed by atoms with Gasteiger partial charge in [0.1, 0.15) is 5.75 Å². The molecule has 1 atom stereocenters. The molecule has 0 aliphatic heterocycles. The molecule has 1 unspecified atom stereocenters. The molecular formula is C23H31N3O4S. The first-order valence-corrected chi connectivity index (χ1v) is 11.6. The lowest BCUT2D eigenvalue weighted by atomic mass is 10.0. The number of H-pyrrole nitrogens is 1. The molecule has 0 spiro atoms. The van der Waals surface area contributed by atoms with Crippen molar-refractivity contribution in [2.45, 2.75) is 38.6 Å². The van der Waals surface area contributed by atoms with Crippen molar-refractivity contribution in [1.29, 1.82) is 0 Å². The van der Waals surface area contributed by atoms with Gasteiger partial charge in [-0.1, -0.05) is 0 Å². The number of nitrogens with one attached hydrogen (secondary N) is 1. The quantitative estimate of drug-likeness (QED) is 0.527. The minimum absolute atomic E-state index is 0.326. The third-order valence-electron chi connectivity index (χ3n) is 5.12. The van der Waals surface area contributed by atoms with E-state index in [2.05, 4.69) is 16.0 Å². The van der Waals surface area contributed by atoms with Gasteiger partial charge in [-0.3, -0.25) is 4.21 Å². The van der Waals surface area contributed by atoms with Crippen LogP contribution in [0.5, 0.6) is 17.2 Å². The molecule has 0 aliphatic rings. The number of benzene rings is 2. The molecular weight excluding hydrogens is 414 g/mol. The minimum Gasteiger partial charge on any atom is -0.496 e. The highest BCUT2D eigenvalue weighted by Crippen LogP contribution is 2.36.